The van der Waals surface area contributed by atoms with E-state index in [9.17, 15) is 41.5 Å². The fourth-order valence-electron chi connectivity index (χ4n) is 7.29. The number of fused-ring (bicyclic) bond motifs is 3. The van der Waals surface area contributed by atoms with Crippen molar-refractivity contribution in [2.24, 2.45) is 17.8 Å². The molecule has 2 aliphatic heterocycles. The second-order valence-electron chi connectivity index (χ2n) is 14.5. The molecular weight excluding hydrogens is 740 g/mol. The highest BCUT2D eigenvalue weighted by Crippen LogP contribution is 2.46. The van der Waals surface area contributed by atoms with Crippen LogP contribution in [0.4, 0.5) is 13.6 Å². The number of carbonyl (C=O) groups is 4. The van der Waals surface area contributed by atoms with E-state index in [1.54, 1.807) is 31.2 Å². The van der Waals surface area contributed by atoms with E-state index in [0.717, 1.165) is 0 Å². The van der Waals surface area contributed by atoms with Gasteiger partial charge in [-0.2, -0.15) is 4.98 Å². The molecule has 6 rings (SSSR count). The van der Waals surface area contributed by atoms with Gasteiger partial charge in [0.25, 0.3) is 12.3 Å². The number of nitrogens with one attached hydrogen (secondary N) is 3. The molecule has 2 saturated carbocycles. The Balaban J connectivity index is 1.35. The first-order valence-electron chi connectivity index (χ1n) is 17.6. The summed E-state index contributed by atoms with van der Waals surface area (Å²) in [5.74, 6) is -3.53. The second-order valence-corrected chi connectivity index (χ2v) is 16.9. The Morgan fingerprint density at radius 3 is 2.62 bits per heavy atom. The molecule has 4 amide bonds. The zero-order valence-electron chi connectivity index (χ0n) is 29.1. The summed E-state index contributed by atoms with van der Waals surface area (Å²) in [6, 6.07) is 3.71. The van der Waals surface area contributed by atoms with Crippen molar-refractivity contribution in [1.82, 2.24) is 25.2 Å². The van der Waals surface area contributed by atoms with Gasteiger partial charge in [0.1, 0.15) is 23.7 Å². The van der Waals surface area contributed by atoms with Crippen LogP contribution in [-0.4, -0.2) is 95.8 Å². The Labute approximate surface area is 310 Å². The van der Waals surface area contributed by atoms with Gasteiger partial charge in [-0.05, 0) is 62.5 Å². The Hall–Kier alpha value is -4.25. The number of hydrogen-bond donors (Lipinski definition) is 4. The van der Waals surface area contributed by atoms with Crippen molar-refractivity contribution in [3.05, 3.63) is 41.4 Å². The number of carboxylic acid groups (broad SMARTS) is 1. The van der Waals surface area contributed by atoms with E-state index >= 15 is 0 Å². The first kappa shape index (κ1) is 38.5. The molecule has 4 N–H and O–H groups in total. The molecule has 288 valence electrons. The van der Waals surface area contributed by atoms with E-state index in [4.69, 9.17) is 21.1 Å². The monoisotopic (exact) mass is 781 g/mol. The average Bonchev–Trinajstić information content (AvgIpc) is 4.01. The van der Waals surface area contributed by atoms with Crippen molar-refractivity contribution >= 4 is 56.2 Å². The molecule has 1 saturated heterocycles. The zero-order chi connectivity index (χ0) is 38.2. The van der Waals surface area contributed by atoms with E-state index in [-0.39, 0.29) is 42.1 Å². The fourth-order valence-corrected chi connectivity index (χ4v) is 8.88. The fraction of sp³-hybridized carbons (Fsp3) is 0.571. The van der Waals surface area contributed by atoms with Crippen molar-refractivity contribution < 1.29 is 51.0 Å². The number of sulfonamides is 1. The number of rotatable bonds is 9. The molecule has 2 aliphatic carbocycles. The van der Waals surface area contributed by atoms with Gasteiger partial charge in [-0.3, -0.25) is 19.1 Å². The molecule has 3 fully saturated rings. The van der Waals surface area contributed by atoms with Crippen LogP contribution in [0.2, 0.25) is 5.02 Å². The highest BCUT2D eigenvalue weighted by atomic mass is 35.5. The van der Waals surface area contributed by atoms with Crippen LogP contribution in [-0.2, 0) is 24.4 Å². The van der Waals surface area contributed by atoms with E-state index in [2.05, 4.69) is 20.3 Å². The van der Waals surface area contributed by atoms with E-state index in [1.807, 2.05) is 13.0 Å². The number of ether oxygens (including phenoxy) is 2. The predicted octanol–water partition coefficient (Wildman–Crippen LogP) is 4.01. The Morgan fingerprint density at radius 1 is 1.17 bits per heavy atom. The first-order valence-corrected chi connectivity index (χ1v) is 19.5. The molecule has 18 heteroatoms. The van der Waals surface area contributed by atoms with Crippen molar-refractivity contribution in [2.75, 3.05) is 13.2 Å². The molecule has 53 heavy (non-hydrogen) atoms. The summed E-state index contributed by atoms with van der Waals surface area (Å²) in [4.78, 5) is 59.8. The van der Waals surface area contributed by atoms with Gasteiger partial charge >= 0.3 is 6.09 Å². The van der Waals surface area contributed by atoms with Crippen LogP contribution in [0.5, 0.6) is 11.8 Å². The Morgan fingerprint density at radius 2 is 1.92 bits per heavy atom. The molecule has 1 aromatic heterocycles. The van der Waals surface area contributed by atoms with E-state index < -0.39 is 87.7 Å². The van der Waals surface area contributed by atoms with Crippen LogP contribution in [0.15, 0.2) is 36.4 Å². The Kier molecular flexibility index (Phi) is 11.1. The topological polar surface area (TPSA) is 193 Å². The lowest BCUT2D eigenvalue weighted by Gasteiger charge is -2.32. The van der Waals surface area contributed by atoms with Crippen LogP contribution in [0.1, 0.15) is 58.8 Å². The molecule has 0 bridgehead atoms. The van der Waals surface area contributed by atoms with Crippen LogP contribution < -0.4 is 24.8 Å². The summed E-state index contributed by atoms with van der Waals surface area (Å²) >= 11 is 6.42. The maximum atomic E-state index is 14.4. The molecule has 14 nitrogen and oxygen atoms in total. The van der Waals surface area contributed by atoms with E-state index in [0.29, 0.717) is 42.9 Å². The molecule has 0 spiro atoms. The molecule has 2 aromatic rings. The van der Waals surface area contributed by atoms with Crippen molar-refractivity contribution in [3.8, 4) is 11.8 Å². The summed E-state index contributed by atoms with van der Waals surface area (Å²) in [7, 11) is -3.96. The van der Waals surface area contributed by atoms with Gasteiger partial charge in [0, 0.05) is 34.2 Å². The van der Waals surface area contributed by atoms with Gasteiger partial charge in [0.05, 0.1) is 11.8 Å². The summed E-state index contributed by atoms with van der Waals surface area (Å²) < 4.78 is 65.2. The van der Waals surface area contributed by atoms with Crippen molar-refractivity contribution in [3.63, 3.8) is 0 Å². The van der Waals surface area contributed by atoms with Gasteiger partial charge in [-0.15, -0.1) is 0 Å². The standard InChI is InChI=1S/C35H42ClF2N5O9S/c1-18-6-3-4-7-20-15-35(20,33(46)42-53(49,50)22-10-11-22)41-30(44)26-13-21(16-43(26)32(45)29(19(2)12-18)40-34(47)48)52-31-23-8-5-9-25(36)24(23)14-28(39-31)51-17-27(37)38/h4-5,7-9,14,18-22,26-27,29,40H,3,6,10-13,15-17H2,1-2H3,(H,41,44)(H,42,46)(H,47,48)/b7-4-/t18-,19+,20+,21+,26-,29-,35+/m0/s1. The third kappa shape index (κ3) is 8.61. The first-order chi connectivity index (χ1) is 25.1. The van der Waals surface area contributed by atoms with Gasteiger partial charge in [-0.1, -0.05) is 43.7 Å². The third-order valence-corrected chi connectivity index (χ3v) is 12.4. The van der Waals surface area contributed by atoms with Gasteiger partial charge in [0.15, 0.2) is 6.61 Å². The largest absolute Gasteiger partial charge is 0.472 e. The molecular formula is C35H42ClF2N5O9S. The number of carbonyl (C=O) groups excluding carboxylic acids is 3. The normalized spacial score (nSPS) is 30.0. The molecule has 3 heterocycles. The van der Waals surface area contributed by atoms with Gasteiger partial charge in [0.2, 0.25) is 33.6 Å². The van der Waals surface area contributed by atoms with Crippen LogP contribution in [0.25, 0.3) is 10.8 Å². The molecule has 4 aliphatic rings. The number of amides is 4. The van der Waals surface area contributed by atoms with Crippen LogP contribution >= 0.6 is 11.6 Å². The van der Waals surface area contributed by atoms with Crippen molar-refractivity contribution in [1.29, 1.82) is 0 Å². The van der Waals surface area contributed by atoms with Crippen LogP contribution in [0, 0.1) is 17.8 Å². The SMILES string of the molecule is C[C@H]1CC/C=C\[C@@H]2C[C@@]2(C(=O)NS(=O)(=O)C2CC2)NC(=O)[C@@H]2C[C@@H](Oc3nc(OCC(F)F)cc4c(Cl)cccc34)CN2C(=O)[C@@H](NC(=O)O)[C@H](C)C1. The summed E-state index contributed by atoms with van der Waals surface area (Å²) in [6.45, 7) is 2.57. The summed E-state index contributed by atoms with van der Waals surface area (Å²) in [5.41, 5.74) is -1.61. The molecule has 0 radical (unpaired) electrons. The second kappa shape index (κ2) is 15.2. The smallest absolute Gasteiger partial charge is 0.405 e. The molecule has 0 unspecified atom stereocenters. The minimum atomic E-state index is -3.96. The summed E-state index contributed by atoms with van der Waals surface area (Å²) in [5, 5.41) is 15.2. The predicted molar refractivity (Wildman–Crippen MR) is 188 cm³/mol. The van der Waals surface area contributed by atoms with Gasteiger partial charge in [-0.25, -0.2) is 22.0 Å². The average molecular weight is 782 g/mol. The number of aromatic nitrogens is 1. The quantitative estimate of drug-likeness (QED) is 0.270. The van der Waals surface area contributed by atoms with Crippen molar-refractivity contribution in [2.45, 2.75) is 94.2 Å². The number of benzene rings is 1. The molecule has 7 atom stereocenters. The lowest BCUT2D eigenvalue weighted by atomic mass is 9.88. The van der Waals surface area contributed by atoms with E-state index in [1.165, 1.54) is 11.0 Å². The minimum absolute atomic E-state index is 0.0641. The third-order valence-electron chi connectivity index (χ3n) is 10.3. The number of pyridine rings is 1. The number of nitrogens with zero attached hydrogens (tertiary/aromatic N) is 2. The summed E-state index contributed by atoms with van der Waals surface area (Å²) in [6.07, 6.45) is 1.12. The highest BCUT2D eigenvalue weighted by Gasteiger charge is 2.62. The maximum Gasteiger partial charge on any atom is 0.405 e. The van der Waals surface area contributed by atoms with Gasteiger partial charge < -0.3 is 30.1 Å². The molecule has 1 aromatic carbocycles. The Bertz CT molecular complexity index is 1920. The lowest BCUT2D eigenvalue weighted by molar-refractivity contribution is -0.142. The highest BCUT2D eigenvalue weighted by molar-refractivity contribution is 7.91. The number of alkyl halides is 2. The maximum absolute atomic E-state index is 14.4. The lowest BCUT2D eigenvalue weighted by Crippen LogP contribution is -2.59. The zero-order valence-corrected chi connectivity index (χ0v) is 30.7. The number of halogens is 3. The number of allylic oxidation sites excluding steroid dienone is 1. The van der Waals surface area contributed by atoms with Crippen LogP contribution in [0.3, 0.4) is 0 Å². The number of hydrogen-bond acceptors (Lipinski definition) is 9. The minimum Gasteiger partial charge on any atom is -0.472 e.